The van der Waals surface area contributed by atoms with Gasteiger partial charge >= 0.3 is 0 Å². The van der Waals surface area contributed by atoms with Crippen LogP contribution in [0.1, 0.15) is 39.0 Å². The fourth-order valence-electron chi connectivity index (χ4n) is 2.31. The minimum atomic E-state index is 0.0942. The largest absolute Gasteiger partial charge is 0.373 e. The summed E-state index contributed by atoms with van der Waals surface area (Å²) in [4.78, 5) is 0. The first-order valence-electron chi connectivity index (χ1n) is 6.10. The normalized spacial score (nSPS) is 24.0. The van der Waals surface area contributed by atoms with E-state index in [0.717, 1.165) is 5.92 Å². The van der Waals surface area contributed by atoms with E-state index < -0.39 is 0 Å². The molecule has 1 fully saturated rings. The minimum Gasteiger partial charge on any atom is -0.373 e. The van der Waals surface area contributed by atoms with Crippen LogP contribution in [0, 0.1) is 5.92 Å². The maximum atomic E-state index is 6.07. The average molecular weight is 379 g/mol. The molecule has 3 unspecified atom stereocenters. The van der Waals surface area contributed by atoms with E-state index in [1.165, 1.54) is 32.1 Å². The fourth-order valence-corrected chi connectivity index (χ4v) is 3.52. The van der Waals surface area contributed by atoms with E-state index >= 15 is 0 Å². The van der Waals surface area contributed by atoms with Gasteiger partial charge in [0.25, 0.3) is 0 Å². The monoisotopic (exact) mass is 378 g/mol. The van der Waals surface area contributed by atoms with Crippen LogP contribution in [0.4, 0.5) is 0 Å². The molecule has 0 aromatic rings. The topological polar surface area (TPSA) is 9.23 Å². The molecule has 0 spiro atoms. The van der Waals surface area contributed by atoms with Crippen molar-refractivity contribution in [2.24, 2.45) is 5.92 Å². The standard InChI is InChI=1S/C12H21Cl2IO/c1-9(10-5-3-2-4-6-10)16-12(8-14)11(15)7-13/h9-12H,2-8H2,1H3. The molecular weight excluding hydrogens is 358 g/mol. The number of alkyl halides is 3. The molecule has 1 rings (SSSR count). The number of ether oxygens (including phenoxy) is 1. The molecule has 0 aliphatic heterocycles. The van der Waals surface area contributed by atoms with Crippen LogP contribution in [-0.2, 0) is 4.74 Å². The molecule has 0 radical (unpaired) electrons. The highest BCUT2D eigenvalue weighted by Crippen LogP contribution is 2.29. The molecule has 0 N–H and O–H groups in total. The molecule has 3 atom stereocenters. The molecule has 0 aromatic carbocycles. The van der Waals surface area contributed by atoms with E-state index in [1.807, 2.05) is 0 Å². The number of halogens is 3. The Bertz CT molecular complexity index is 186. The number of hydrogen-bond donors (Lipinski definition) is 0. The molecule has 16 heavy (non-hydrogen) atoms. The Hall–Kier alpha value is 1.27. The molecule has 0 aromatic heterocycles. The Kier molecular flexibility index (Phi) is 8.03. The van der Waals surface area contributed by atoms with E-state index in [0.29, 0.717) is 21.8 Å². The summed E-state index contributed by atoms with van der Waals surface area (Å²) in [6.07, 6.45) is 7.13. The summed E-state index contributed by atoms with van der Waals surface area (Å²) in [5.74, 6) is 1.87. The summed E-state index contributed by atoms with van der Waals surface area (Å²) in [6, 6.07) is 0. The molecule has 96 valence electrons. The predicted octanol–water partition coefficient (Wildman–Crippen LogP) is 4.62. The molecule has 1 nitrogen and oxygen atoms in total. The van der Waals surface area contributed by atoms with E-state index in [4.69, 9.17) is 27.9 Å². The van der Waals surface area contributed by atoms with Gasteiger partial charge in [0, 0.05) is 11.8 Å². The highest BCUT2D eigenvalue weighted by Gasteiger charge is 2.26. The van der Waals surface area contributed by atoms with Gasteiger partial charge in [-0.05, 0) is 25.7 Å². The Morgan fingerprint density at radius 1 is 1.19 bits per heavy atom. The van der Waals surface area contributed by atoms with Crippen molar-refractivity contribution < 1.29 is 4.74 Å². The molecule has 4 heteroatoms. The highest BCUT2D eigenvalue weighted by atomic mass is 127. The van der Waals surface area contributed by atoms with Gasteiger partial charge in [-0.25, -0.2) is 0 Å². The van der Waals surface area contributed by atoms with Gasteiger partial charge in [-0.15, -0.1) is 23.2 Å². The van der Waals surface area contributed by atoms with E-state index in [9.17, 15) is 0 Å². The summed E-state index contributed by atoms with van der Waals surface area (Å²) in [6.45, 7) is 2.19. The molecule has 0 bridgehead atoms. The minimum absolute atomic E-state index is 0.0942. The summed E-state index contributed by atoms with van der Waals surface area (Å²) in [5, 5.41) is 0. The quantitative estimate of drug-likeness (QED) is 0.484. The maximum absolute atomic E-state index is 6.07. The molecular formula is C12H21Cl2IO. The lowest BCUT2D eigenvalue weighted by molar-refractivity contribution is -0.0275. The van der Waals surface area contributed by atoms with Crippen molar-refractivity contribution in [3.63, 3.8) is 0 Å². The first-order valence-corrected chi connectivity index (χ1v) is 8.42. The maximum Gasteiger partial charge on any atom is 0.0843 e. The molecule has 0 saturated heterocycles. The van der Waals surface area contributed by atoms with Crippen LogP contribution in [0.15, 0.2) is 0 Å². The van der Waals surface area contributed by atoms with Crippen molar-refractivity contribution in [1.82, 2.24) is 0 Å². The summed E-state index contributed by atoms with van der Waals surface area (Å²) in [7, 11) is 0. The third-order valence-electron chi connectivity index (χ3n) is 3.41. The predicted molar refractivity (Wildman–Crippen MR) is 80.2 cm³/mol. The Balaban J connectivity index is 2.37. The van der Waals surface area contributed by atoms with Crippen molar-refractivity contribution >= 4 is 45.8 Å². The second-order valence-corrected chi connectivity index (χ2v) is 6.82. The highest BCUT2D eigenvalue weighted by molar-refractivity contribution is 14.1. The van der Waals surface area contributed by atoms with Crippen molar-refractivity contribution in [3.8, 4) is 0 Å². The first-order chi connectivity index (χ1) is 7.69. The molecule has 0 heterocycles. The Morgan fingerprint density at radius 2 is 1.81 bits per heavy atom. The zero-order chi connectivity index (χ0) is 12.0. The molecule has 1 saturated carbocycles. The zero-order valence-electron chi connectivity index (χ0n) is 9.80. The van der Waals surface area contributed by atoms with Crippen LogP contribution in [0.3, 0.4) is 0 Å². The van der Waals surface area contributed by atoms with E-state index in [1.54, 1.807) is 0 Å². The van der Waals surface area contributed by atoms with Gasteiger partial charge in [-0.1, -0.05) is 41.9 Å². The van der Waals surface area contributed by atoms with Gasteiger partial charge in [0.1, 0.15) is 0 Å². The third-order valence-corrected chi connectivity index (χ3v) is 5.81. The van der Waals surface area contributed by atoms with Gasteiger partial charge in [0.15, 0.2) is 0 Å². The van der Waals surface area contributed by atoms with E-state index in [2.05, 4.69) is 29.5 Å². The first kappa shape index (κ1) is 15.3. The SMILES string of the molecule is CC(OC(CCl)C(I)CCl)C1CCCCC1. The lowest BCUT2D eigenvalue weighted by Crippen LogP contribution is -2.34. The average Bonchev–Trinajstić information content (AvgIpc) is 2.35. The zero-order valence-corrected chi connectivity index (χ0v) is 13.5. The Morgan fingerprint density at radius 3 is 2.31 bits per heavy atom. The summed E-state index contributed by atoms with van der Waals surface area (Å²) >= 11 is 14.1. The van der Waals surface area contributed by atoms with Crippen LogP contribution in [0.2, 0.25) is 0 Å². The van der Waals surface area contributed by atoms with Gasteiger partial charge in [-0.3, -0.25) is 0 Å². The second kappa shape index (κ2) is 8.39. The van der Waals surface area contributed by atoms with Gasteiger partial charge in [-0.2, -0.15) is 0 Å². The van der Waals surface area contributed by atoms with Crippen molar-refractivity contribution in [2.75, 3.05) is 11.8 Å². The molecule has 1 aliphatic carbocycles. The number of rotatable bonds is 6. The van der Waals surface area contributed by atoms with Crippen molar-refractivity contribution in [3.05, 3.63) is 0 Å². The van der Waals surface area contributed by atoms with Crippen LogP contribution in [0.25, 0.3) is 0 Å². The summed E-state index contributed by atoms with van der Waals surface area (Å²) < 4.78 is 6.38. The smallest absolute Gasteiger partial charge is 0.0843 e. The Labute approximate surface area is 123 Å². The van der Waals surface area contributed by atoms with E-state index in [-0.39, 0.29) is 6.10 Å². The third kappa shape index (κ3) is 4.87. The van der Waals surface area contributed by atoms with Gasteiger partial charge in [0.05, 0.1) is 16.1 Å². The second-order valence-electron chi connectivity index (χ2n) is 4.60. The van der Waals surface area contributed by atoms with Crippen LogP contribution < -0.4 is 0 Å². The van der Waals surface area contributed by atoms with Crippen molar-refractivity contribution in [2.45, 2.75) is 55.2 Å². The lowest BCUT2D eigenvalue weighted by atomic mass is 9.86. The van der Waals surface area contributed by atoms with Crippen molar-refractivity contribution in [1.29, 1.82) is 0 Å². The lowest BCUT2D eigenvalue weighted by Gasteiger charge is -2.31. The number of hydrogen-bond acceptors (Lipinski definition) is 1. The van der Waals surface area contributed by atoms with Gasteiger partial charge < -0.3 is 4.74 Å². The van der Waals surface area contributed by atoms with Crippen LogP contribution >= 0.6 is 45.8 Å². The summed E-state index contributed by atoms with van der Waals surface area (Å²) in [5.41, 5.74) is 0. The molecule has 0 amide bonds. The fraction of sp³-hybridized carbons (Fsp3) is 1.00. The van der Waals surface area contributed by atoms with Crippen LogP contribution in [0.5, 0.6) is 0 Å². The van der Waals surface area contributed by atoms with Gasteiger partial charge in [0.2, 0.25) is 0 Å². The molecule has 1 aliphatic rings. The van der Waals surface area contributed by atoms with Crippen LogP contribution in [-0.4, -0.2) is 27.9 Å².